The Morgan fingerprint density at radius 2 is 1.94 bits per heavy atom. The summed E-state index contributed by atoms with van der Waals surface area (Å²) in [6.07, 6.45) is 0. The van der Waals surface area contributed by atoms with Gasteiger partial charge in [-0.1, -0.05) is 25.2 Å². The molecule has 0 saturated heterocycles. The third-order valence-electron chi connectivity index (χ3n) is 2.60. The highest BCUT2D eigenvalue weighted by atomic mass is 32.1. The molecule has 4 heteroatoms. The normalized spacial score (nSPS) is 10.9. The fourth-order valence-electron chi connectivity index (χ4n) is 1.61. The van der Waals surface area contributed by atoms with Gasteiger partial charge in [-0.15, -0.1) is 10.2 Å². The molecule has 0 atom stereocenters. The Balaban J connectivity index is 2.49. The third kappa shape index (κ3) is 2.64. The summed E-state index contributed by atoms with van der Waals surface area (Å²) in [5.41, 5.74) is 2.34. The maximum atomic E-state index is 5.33. The van der Waals surface area contributed by atoms with Crippen molar-refractivity contribution in [2.75, 3.05) is 7.11 Å². The average Bonchev–Trinajstić information content (AvgIpc) is 2.75. The lowest BCUT2D eigenvalue weighted by atomic mass is 10.0. The number of ether oxygens (including phenoxy) is 1. The van der Waals surface area contributed by atoms with Gasteiger partial charge in [-0.3, -0.25) is 0 Å². The Morgan fingerprint density at radius 3 is 2.47 bits per heavy atom. The van der Waals surface area contributed by atoms with Gasteiger partial charge >= 0.3 is 0 Å². The SMILES string of the molecule is COc1cc(-c2nnc(C)s2)cc(C(C)C)c1. The molecule has 17 heavy (non-hydrogen) atoms. The van der Waals surface area contributed by atoms with Gasteiger partial charge in [0, 0.05) is 5.56 Å². The van der Waals surface area contributed by atoms with E-state index in [1.807, 2.05) is 13.0 Å². The first-order valence-electron chi connectivity index (χ1n) is 5.59. The van der Waals surface area contributed by atoms with E-state index >= 15 is 0 Å². The van der Waals surface area contributed by atoms with Gasteiger partial charge in [0.05, 0.1) is 7.11 Å². The predicted octanol–water partition coefficient (Wildman–Crippen LogP) is 3.65. The first kappa shape index (κ1) is 12.0. The van der Waals surface area contributed by atoms with Crippen molar-refractivity contribution in [2.45, 2.75) is 26.7 Å². The summed E-state index contributed by atoms with van der Waals surface area (Å²) in [6, 6.07) is 6.24. The summed E-state index contributed by atoms with van der Waals surface area (Å²) in [4.78, 5) is 0. The monoisotopic (exact) mass is 248 g/mol. The molecule has 3 nitrogen and oxygen atoms in total. The molecule has 0 unspecified atom stereocenters. The number of benzene rings is 1. The first-order chi connectivity index (χ1) is 8.10. The Hall–Kier alpha value is -1.42. The number of hydrogen-bond donors (Lipinski definition) is 0. The van der Waals surface area contributed by atoms with E-state index < -0.39 is 0 Å². The fourth-order valence-corrected chi connectivity index (χ4v) is 2.29. The lowest BCUT2D eigenvalue weighted by molar-refractivity contribution is 0.414. The van der Waals surface area contributed by atoms with Crippen LogP contribution in [-0.4, -0.2) is 17.3 Å². The Morgan fingerprint density at radius 1 is 1.18 bits per heavy atom. The molecular formula is C13H16N2OS. The second-order valence-corrected chi connectivity index (χ2v) is 5.46. The van der Waals surface area contributed by atoms with E-state index in [0.29, 0.717) is 5.92 Å². The van der Waals surface area contributed by atoms with Crippen LogP contribution in [0.15, 0.2) is 18.2 Å². The lowest BCUT2D eigenvalue weighted by Gasteiger charge is -2.10. The van der Waals surface area contributed by atoms with Crippen molar-refractivity contribution < 1.29 is 4.74 Å². The lowest BCUT2D eigenvalue weighted by Crippen LogP contribution is -1.91. The Kier molecular flexibility index (Phi) is 3.43. The molecule has 90 valence electrons. The van der Waals surface area contributed by atoms with Gasteiger partial charge in [0.1, 0.15) is 15.8 Å². The van der Waals surface area contributed by atoms with Crippen LogP contribution in [0.2, 0.25) is 0 Å². The largest absolute Gasteiger partial charge is 0.497 e. The van der Waals surface area contributed by atoms with Crippen molar-refractivity contribution in [3.63, 3.8) is 0 Å². The topological polar surface area (TPSA) is 35.0 Å². The van der Waals surface area contributed by atoms with Crippen LogP contribution in [-0.2, 0) is 0 Å². The van der Waals surface area contributed by atoms with Crippen molar-refractivity contribution >= 4 is 11.3 Å². The Bertz CT molecular complexity index is 520. The van der Waals surface area contributed by atoms with Gasteiger partial charge in [0.25, 0.3) is 0 Å². The summed E-state index contributed by atoms with van der Waals surface area (Å²) in [5, 5.41) is 10.2. The van der Waals surface area contributed by atoms with E-state index in [-0.39, 0.29) is 0 Å². The molecule has 0 aliphatic rings. The van der Waals surface area contributed by atoms with Crippen molar-refractivity contribution in [1.82, 2.24) is 10.2 Å². The van der Waals surface area contributed by atoms with Crippen LogP contribution in [0.1, 0.15) is 30.3 Å². The number of aromatic nitrogens is 2. The molecule has 0 amide bonds. The predicted molar refractivity (Wildman–Crippen MR) is 70.7 cm³/mol. The van der Waals surface area contributed by atoms with Crippen LogP contribution >= 0.6 is 11.3 Å². The van der Waals surface area contributed by atoms with Crippen molar-refractivity contribution in [3.8, 4) is 16.3 Å². The second kappa shape index (κ2) is 4.84. The average molecular weight is 248 g/mol. The highest BCUT2D eigenvalue weighted by molar-refractivity contribution is 7.14. The van der Waals surface area contributed by atoms with Crippen LogP contribution in [0.4, 0.5) is 0 Å². The second-order valence-electron chi connectivity index (χ2n) is 4.28. The molecule has 0 saturated carbocycles. The summed E-state index contributed by atoms with van der Waals surface area (Å²) in [6.45, 7) is 6.30. The van der Waals surface area contributed by atoms with Gasteiger partial charge in [-0.05, 0) is 36.6 Å². The summed E-state index contributed by atoms with van der Waals surface area (Å²) in [5.74, 6) is 1.34. The molecule has 1 aromatic heterocycles. The highest BCUT2D eigenvalue weighted by Gasteiger charge is 2.09. The quantitative estimate of drug-likeness (QED) is 0.831. The number of hydrogen-bond acceptors (Lipinski definition) is 4. The van der Waals surface area contributed by atoms with E-state index in [2.05, 4.69) is 36.2 Å². The summed E-state index contributed by atoms with van der Waals surface area (Å²) in [7, 11) is 1.69. The number of aryl methyl sites for hydroxylation is 1. The smallest absolute Gasteiger partial charge is 0.147 e. The van der Waals surface area contributed by atoms with Gasteiger partial charge in [-0.2, -0.15) is 0 Å². The maximum Gasteiger partial charge on any atom is 0.147 e. The number of methoxy groups -OCH3 is 1. The zero-order chi connectivity index (χ0) is 12.4. The van der Waals surface area contributed by atoms with Crippen LogP contribution in [0.3, 0.4) is 0 Å². The van der Waals surface area contributed by atoms with Crippen LogP contribution in [0.25, 0.3) is 10.6 Å². The van der Waals surface area contributed by atoms with E-state index in [9.17, 15) is 0 Å². The third-order valence-corrected chi connectivity index (χ3v) is 3.49. The summed E-state index contributed by atoms with van der Waals surface area (Å²) < 4.78 is 5.33. The minimum atomic E-state index is 0.470. The van der Waals surface area contributed by atoms with Crippen LogP contribution < -0.4 is 4.74 Å². The van der Waals surface area contributed by atoms with E-state index in [1.165, 1.54) is 5.56 Å². The zero-order valence-electron chi connectivity index (χ0n) is 10.5. The van der Waals surface area contributed by atoms with Gasteiger partial charge in [0.15, 0.2) is 0 Å². The van der Waals surface area contributed by atoms with Crippen molar-refractivity contribution in [2.24, 2.45) is 0 Å². The van der Waals surface area contributed by atoms with Crippen molar-refractivity contribution in [1.29, 1.82) is 0 Å². The molecule has 0 bridgehead atoms. The molecule has 2 rings (SSSR count). The van der Waals surface area contributed by atoms with E-state index in [4.69, 9.17) is 4.74 Å². The minimum absolute atomic E-state index is 0.470. The molecular weight excluding hydrogens is 232 g/mol. The molecule has 0 spiro atoms. The summed E-state index contributed by atoms with van der Waals surface area (Å²) >= 11 is 1.60. The van der Waals surface area contributed by atoms with Gasteiger partial charge < -0.3 is 4.74 Å². The molecule has 0 aliphatic heterocycles. The molecule has 0 N–H and O–H groups in total. The molecule has 0 fully saturated rings. The maximum absolute atomic E-state index is 5.33. The van der Waals surface area contributed by atoms with Gasteiger partial charge in [-0.25, -0.2) is 0 Å². The van der Waals surface area contributed by atoms with Crippen molar-refractivity contribution in [3.05, 3.63) is 28.8 Å². The molecule has 2 aromatic rings. The van der Waals surface area contributed by atoms with E-state index in [0.717, 1.165) is 21.3 Å². The molecule has 1 heterocycles. The van der Waals surface area contributed by atoms with Crippen LogP contribution in [0.5, 0.6) is 5.75 Å². The van der Waals surface area contributed by atoms with Crippen LogP contribution in [0, 0.1) is 6.92 Å². The molecule has 0 aliphatic carbocycles. The Labute approximate surface area is 105 Å². The minimum Gasteiger partial charge on any atom is -0.497 e. The standard InChI is InChI=1S/C13H16N2OS/c1-8(2)10-5-11(7-12(6-10)16-4)13-15-14-9(3)17-13/h5-8H,1-4H3. The fraction of sp³-hybridized carbons (Fsp3) is 0.385. The first-order valence-corrected chi connectivity index (χ1v) is 6.41. The number of rotatable bonds is 3. The highest BCUT2D eigenvalue weighted by Crippen LogP contribution is 2.30. The van der Waals surface area contributed by atoms with E-state index in [1.54, 1.807) is 18.4 Å². The molecule has 0 radical (unpaired) electrons. The number of nitrogens with zero attached hydrogens (tertiary/aromatic N) is 2. The van der Waals surface area contributed by atoms with Gasteiger partial charge in [0.2, 0.25) is 0 Å². The zero-order valence-corrected chi connectivity index (χ0v) is 11.3. The molecule has 1 aromatic carbocycles.